The van der Waals surface area contributed by atoms with Crippen molar-refractivity contribution in [2.75, 3.05) is 13.7 Å². The van der Waals surface area contributed by atoms with Gasteiger partial charge in [0, 0.05) is 13.7 Å². The summed E-state index contributed by atoms with van der Waals surface area (Å²) >= 11 is 0. The van der Waals surface area contributed by atoms with Crippen LogP contribution in [0.5, 0.6) is 0 Å². The first-order valence-electron chi connectivity index (χ1n) is 4.17. The quantitative estimate of drug-likeness (QED) is 0.567. The molecule has 0 rings (SSSR count). The van der Waals surface area contributed by atoms with Crippen molar-refractivity contribution in [1.29, 1.82) is 0 Å². The van der Waals surface area contributed by atoms with Gasteiger partial charge in [-0.25, -0.2) is 0 Å². The molecular weight excluding hydrogens is 160 g/mol. The minimum absolute atomic E-state index is 0.447. The molecule has 0 aliphatic heterocycles. The van der Waals surface area contributed by atoms with E-state index in [9.17, 15) is 10.2 Å². The molecule has 74 valence electrons. The molecule has 0 saturated carbocycles. The van der Waals surface area contributed by atoms with Crippen molar-refractivity contribution < 1.29 is 19.7 Å². The Morgan fingerprint density at radius 2 is 1.83 bits per heavy atom. The highest BCUT2D eigenvalue weighted by Crippen LogP contribution is 2.08. The van der Waals surface area contributed by atoms with Crippen LogP contribution in [-0.2, 0) is 9.47 Å². The van der Waals surface area contributed by atoms with E-state index < -0.39 is 18.5 Å². The molecule has 0 aromatic rings. The van der Waals surface area contributed by atoms with Crippen molar-refractivity contribution in [3.8, 4) is 0 Å². The summed E-state index contributed by atoms with van der Waals surface area (Å²) < 4.78 is 9.78. The van der Waals surface area contributed by atoms with Gasteiger partial charge in [-0.05, 0) is 13.3 Å². The smallest absolute Gasteiger partial charge is 0.183 e. The third kappa shape index (κ3) is 3.49. The Bertz CT molecular complexity index is 97.2. The SMILES string of the molecule is CCOC(C(O)CC)C(O)OC. The van der Waals surface area contributed by atoms with Crippen molar-refractivity contribution >= 4 is 0 Å². The highest BCUT2D eigenvalue weighted by molar-refractivity contribution is 4.69. The monoisotopic (exact) mass is 178 g/mol. The van der Waals surface area contributed by atoms with E-state index >= 15 is 0 Å². The van der Waals surface area contributed by atoms with Gasteiger partial charge in [0.05, 0.1) is 6.10 Å². The van der Waals surface area contributed by atoms with Gasteiger partial charge in [0.1, 0.15) is 6.10 Å². The number of aliphatic hydroxyl groups is 2. The molecule has 0 radical (unpaired) electrons. The fraction of sp³-hybridized carbons (Fsp3) is 1.00. The number of rotatable bonds is 6. The minimum atomic E-state index is -1.06. The van der Waals surface area contributed by atoms with Crippen molar-refractivity contribution in [2.45, 2.75) is 38.8 Å². The molecule has 0 bridgehead atoms. The molecule has 3 unspecified atom stereocenters. The van der Waals surface area contributed by atoms with Crippen LogP contribution in [0.2, 0.25) is 0 Å². The average Bonchev–Trinajstić information content (AvgIpc) is 2.11. The Morgan fingerprint density at radius 3 is 2.17 bits per heavy atom. The standard InChI is InChI=1S/C8H18O4/c1-4-6(9)7(12-5-2)8(10)11-3/h6-10H,4-5H2,1-3H3. The fourth-order valence-electron chi connectivity index (χ4n) is 0.942. The van der Waals surface area contributed by atoms with E-state index in [1.165, 1.54) is 7.11 Å². The Morgan fingerprint density at radius 1 is 1.25 bits per heavy atom. The third-order valence-electron chi connectivity index (χ3n) is 1.68. The van der Waals surface area contributed by atoms with Crippen LogP contribution < -0.4 is 0 Å². The van der Waals surface area contributed by atoms with Crippen LogP contribution in [0.1, 0.15) is 20.3 Å². The summed E-state index contributed by atoms with van der Waals surface area (Å²) in [5.74, 6) is 0. The summed E-state index contributed by atoms with van der Waals surface area (Å²) in [6.07, 6.45) is -1.85. The lowest BCUT2D eigenvalue weighted by Gasteiger charge is -2.25. The Hall–Kier alpha value is -0.160. The van der Waals surface area contributed by atoms with Crippen LogP contribution in [0.3, 0.4) is 0 Å². The van der Waals surface area contributed by atoms with Gasteiger partial charge in [0.15, 0.2) is 6.29 Å². The van der Waals surface area contributed by atoms with Crippen molar-refractivity contribution in [3.63, 3.8) is 0 Å². The molecule has 0 aliphatic carbocycles. The van der Waals surface area contributed by atoms with Gasteiger partial charge in [-0.3, -0.25) is 0 Å². The fourth-order valence-corrected chi connectivity index (χ4v) is 0.942. The molecule has 12 heavy (non-hydrogen) atoms. The van der Waals surface area contributed by atoms with E-state index in [4.69, 9.17) is 4.74 Å². The number of hydrogen-bond acceptors (Lipinski definition) is 4. The Balaban J connectivity index is 4.01. The van der Waals surface area contributed by atoms with Crippen LogP contribution in [0, 0.1) is 0 Å². The lowest BCUT2D eigenvalue weighted by atomic mass is 10.1. The largest absolute Gasteiger partial charge is 0.390 e. The topological polar surface area (TPSA) is 58.9 Å². The number of aliphatic hydroxyl groups excluding tert-OH is 2. The van der Waals surface area contributed by atoms with Crippen LogP contribution in [0.4, 0.5) is 0 Å². The molecule has 0 spiro atoms. The maximum absolute atomic E-state index is 9.39. The zero-order chi connectivity index (χ0) is 9.56. The number of hydrogen-bond donors (Lipinski definition) is 2. The average molecular weight is 178 g/mol. The van der Waals surface area contributed by atoms with Crippen LogP contribution in [-0.4, -0.2) is 42.4 Å². The van der Waals surface area contributed by atoms with E-state index in [1.54, 1.807) is 6.92 Å². The molecule has 0 amide bonds. The lowest BCUT2D eigenvalue weighted by molar-refractivity contribution is -0.193. The summed E-state index contributed by atoms with van der Waals surface area (Å²) in [6, 6.07) is 0. The van der Waals surface area contributed by atoms with E-state index in [-0.39, 0.29) is 0 Å². The zero-order valence-corrected chi connectivity index (χ0v) is 7.86. The molecule has 4 nitrogen and oxygen atoms in total. The molecule has 3 atom stereocenters. The summed E-state index contributed by atoms with van der Waals surface area (Å²) in [7, 11) is 1.37. The molecule has 2 N–H and O–H groups in total. The van der Waals surface area contributed by atoms with E-state index in [0.717, 1.165) is 0 Å². The molecule has 0 aromatic heterocycles. The van der Waals surface area contributed by atoms with E-state index in [1.807, 2.05) is 6.92 Å². The molecule has 0 aliphatic rings. The van der Waals surface area contributed by atoms with Crippen molar-refractivity contribution in [1.82, 2.24) is 0 Å². The number of methoxy groups -OCH3 is 1. The normalized spacial score (nSPS) is 18.8. The second-order valence-corrected chi connectivity index (χ2v) is 2.52. The number of ether oxygens (including phenoxy) is 2. The van der Waals surface area contributed by atoms with Gasteiger partial charge in [-0.2, -0.15) is 0 Å². The van der Waals surface area contributed by atoms with Crippen LogP contribution >= 0.6 is 0 Å². The maximum atomic E-state index is 9.39. The summed E-state index contributed by atoms with van der Waals surface area (Å²) in [5.41, 5.74) is 0. The van der Waals surface area contributed by atoms with E-state index in [2.05, 4.69) is 4.74 Å². The summed E-state index contributed by atoms with van der Waals surface area (Å²) in [5, 5.41) is 18.6. The Labute approximate surface area is 73.1 Å². The highest BCUT2D eigenvalue weighted by atomic mass is 16.6. The molecule has 0 aromatic carbocycles. The van der Waals surface area contributed by atoms with Crippen LogP contribution in [0.25, 0.3) is 0 Å². The predicted molar refractivity (Wildman–Crippen MR) is 44.7 cm³/mol. The Kier molecular flexibility index (Phi) is 6.28. The van der Waals surface area contributed by atoms with E-state index in [0.29, 0.717) is 13.0 Å². The molecule has 0 saturated heterocycles. The summed E-state index contributed by atoms with van der Waals surface area (Å²) in [4.78, 5) is 0. The lowest BCUT2D eigenvalue weighted by Crippen LogP contribution is -2.40. The van der Waals surface area contributed by atoms with Gasteiger partial charge in [-0.1, -0.05) is 6.92 Å². The second-order valence-electron chi connectivity index (χ2n) is 2.52. The highest BCUT2D eigenvalue weighted by Gasteiger charge is 2.25. The molecule has 4 heteroatoms. The zero-order valence-electron chi connectivity index (χ0n) is 7.86. The van der Waals surface area contributed by atoms with Crippen LogP contribution in [0.15, 0.2) is 0 Å². The van der Waals surface area contributed by atoms with Crippen molar-refractivity contribution in [2.24, 2.45) is 0 Å². The minimum Gasteiger partial charge on any atom is -0.390 e. The van der Waals surface area contributed by atoms with Gasteiger partial charge in [-0.15, -0.1) is 0 Å². The van der Waals surface area contributed by atoms with Gasteiger partial charge >= 0.3 is 0 Å². The molecule has 0 fully saturated rings. The van der Waals surface area contributed by atoms with Gasteiger partial charge < -0.3 is 19.7 Å². The molecular formula is C8H18O4. The first kappa shape index (κ1) is 11.8. The van der Waals surface area contributed by atoms with Gasteiger partial charge in [0.25, 0.3) is 0 Å². The third-order valence-corrected chi connectivity index (χ3v) is 1.68. The first-order chi connectivity index (χ1) is 5.67. The molecule has 0 heterocycles. The predicted octanol–water partition coefficient (Wildman–Crippen LogP) is 0.127. The van der Waals surface area contributed by atoms with Crippen molar-refractivity contribution in [3.05, 3.63) is 0 Å². The second kappa shape index (κ2) is 6.37. The first-order valence-corrected chi connectivity index (χ1v) is 4.17. The van der Waals surface area contributed by atoms with Gasteiger partial charge in [0.2, 0.25) is 0 Å². The summed E-state index contributed by atoms with van der Waals surface area (Å²) in [6.45, 7) is 4.07. The maximum Gasteiger partial charge on any atom is 0.183 e.